The minimum absolute atomic E-state index is 0.227. The zero-order valence-corrected chi connectivity index (χ0v) is 14.0. The number of carbonyl (C=O) groups excluding carboxylic acids is 3. The lowest BCUT2D eigenvalue weighted by Gasteiger charge is -2.20. The Morgan fingerprint density at radius 3 is 2.24 bits per heavy atom. The van der Waals surface area contributed by atoms with Crippen molar-refractivity contribution in [2.75, 3.05) is 19.4 Å². The van der Waals surface area contributed by atoms with E-state index in [9.17, 15) is 14.4 Å². The van der Waals surface area contributed by atoms with Gasteiger partial charge < -0.3 is 16.0 Å². The molecule has 0 saturated carbocycles. The van der Waals surface area contributed by atoms with Crippen LogP contribution in [0.2, 0.25) is 0 Å². The first kappa shape index (κ1) is 18.0. The lowest BCUT2D eigenvalue weighted by atomic mass is 10.1. The smallest absolute Gasteiger partial charge is 0.321 e. The van der Waals surface area contributed by atoms with Gasteiger partial charge in [-0.05, 0) is 23.8 Å². The highest BCUT2D eigenvalue weighted by Gasteiger charge is 2.22. The molecule has 2 aromatic carbocycles. The fourth-order valence-electron chi connectivity index (χ4n) is 2.25. The highest BCUT2D eigenvalue weighted by atomic mass is 16.2. The Balaban J connectivity index is 2.29. The van der Waals surface area contributed by atoms with Gasteiger partial charge in [-0.25, -0.2) is 4.79 Å². The maximum atomic E-state index is 12.5. The number of urea groups is 1. The van der Waals surface area contributed by atoms with Crippen LogP contribution in [-0.2, 0) is 4.79 Å². The number of carbonyl (C=O) groups is 3. The summed E-state index contributed by atoms with van der Waals surface area (Å²) >= 11 is 0. The van der Waals surface area contributed by atoms with Crippen LogP contribution in [0.1, 0.15) is 22.0 Å². The second-order valence-corrected chi connectivity index (χ2v) is 5.22. The predicted molar refractivity (Wildman–Crippen MR) is 95.2 cm³/mol. The van der Waals surface area contributed by atoms with Crippen LogP contribution in [0.4, 0.5) is 10.5 Å². The zero-order valence-electron chi connectivity index (χ0n) is 14.0. The van der Waals surface area contributed by atoms with E-state index in [1.165, 1.54) is 7.05 Å². The van der Waals surface area contributed by atoms with Crippen molar-refractivity contribution in [3.63, 3.8) is 0 Å². The predicted octanol–water partition coefficient (Wildman–Crippen LogP) is 1.65. The molecule has 0 bridgehead atoms. The van der Waals surface area contributed by atoms with E-state index in [-0.39, 0.29) is 5.91 Å². The van der Waals surface area contributed by atoms with Gasteiger partial charge in [0.15, 0.2) is 0 Å². The van der Waals surface area contributed by atoms with Gasteiger partial charge in [-0.2, -0.15) is 0 Å². The molecule has 2 rings (SSSR count). The summed E-state index contributed by atoms with van der Waals surface area (Å²) in [5.41, 5.74) is 1.74. The highest BCUT2D eigenvalue weighted by Crippen LogP contribution is 2.21. The number of hydrogen-bond donors (Lipinski definition) is 4. The van der Waals surface area contributed by atoms with Crippen molar-refractivity contribution in [3.8, 4) is 0 Å². The molecule has 25 heavy (non-hydrogen) atoms. The first-order valence-electron chi connectivity index (χ1n) is 7.71. The number of imide groups is 1. The fraction of sp³-hybridized carbons (Fsp3) is 0.167. The Morgan fingerprint density at radius 2 is 1.60 bits per heavy atom. The Labute approximate surface area is 145 Å². The first-order chi connectivity index (χ1) is 12.0. The van der Waals surface area contributed by atoms with E-state index in [1.54, 1.807) is 55.6 Å². The summed E-state index contributed by atoms with van der Waals surface area (Å²) in [4.78, 5) is 35.7. The topological polar surface area (TPSA) is 99.3 Å². The van der Waals surface area contributed by atoms with E-state index < -0.39 is 18.0 Å². The van der Waals surface area contributed by atoms with Crippen molar-refractivity contribution in [2.24, 2.45) is 0 Å². The Bertz CT molecular complexity index is 762. The molecule has 130 valence electrons. The second-order valence-electron chi connectivity index (χ2n) is 5.22. The normalized spacial score (nSPS) is 11.1. The van der Waals surface area contributed by atoms with Gasteiger partial charge >= 0.3 is 6.03 Å². The van der Waals surface area contributed by atoms with E-state index in [4.69, 9.17) is 0 Å². The van der Waals surface area contributed by atoms with E-state index in [0.29, 0.717) is 16.8 Å². The van der Waals surface area contributed by atoms with E-state index in [2.05, 4.69) is 21.3 Å². The number of hydrogen-bond acceptors (Lipinski definition) is 4. The summed E-state index contributed by atoms with van der Waals surface area (Å²) in [5.74, 6) is -0.731. The van der Waals surface area contributed by atoms with Crippen molar-refractivity contribution >= 4 is 23.5 Å². The van der Waals surface area contributed by atoms with Crippen LogP contribution in [0.25, 0.3) is 0 Å². The maximum Gasteiger partial charge on any atom is 0.321 e. The molecule has 0 spiro atoms. The SMILES string of the molecule is CNC(=O)NC(=O)[C@H](Nc1cccc(C(=O)NC)c1)c1ccccc1. The summed E-state index contributed by atoms with van der Waals surface area (Å²) in [7, 11) is 2.98. The van der Waals surface area contributed by atoms with E-state index in [1.807, 2.05) is 6.07 Å². The molecular formula is C18H20N4O3. The van der Waals surface area contributed by atoms with Crippen LogP contribution in [0.3, 0.4) is 0 Å². The van der Waals surface area contributed by atoms with E-state index >= 15 is 0 Å². The summed E-state index contributed by atoms with van der Waals surface area (Å²) in [6, 6.07) is 14.4. The van der Waals surface area contributed by atoms with Gasteiger partial charge in [0.05, 0.1) is 0 Å². The third-order valence-electron chi connectivity index (χ3n) is 3.52. The van der Waals surface area contributed by atoms with Crippen molar-refractivity contribution in [2.45, 2.75) is 6.04 Å². The number of amides is 4. The minimum Gasteiger partial charge on any atom is -0.370 e. The molecule has 4 N–H and O–H groups in total. The summed E-state index contributed by atoms with van der Waals surface area (Å²) < 4.78 is 0. The average molecular weight is 340 g/mol. The minimum atomic E-state index is -0.793. The second kappa shape index (κ2) is 8.49. The lowest BCUT2D eigenvalue weighted by molar-refractivity contribution is -0.120. The lowest BCUT2D eigenvalue weighted by Crippen LogP contribution is -2.42. The van der Waals surface area contributed by atoms with Gasteiger partial charge in [0.2, 0.25) is 0 Å². The van der Waals surface area contributed by atoms with Crippen LogP contribution in [0.5, 0.6) is 0 Å². The number of benzene rings is 2. The number of nitrogens with one attached hydrogen (secondary N) is 4. The maximum absolute atomic E-state index is 12.5. The van der Waals surface area contributed by atoms with Gasteiger partial charge in [-0.3, -0.25) is 14.9 Å². The van der Waals surface area contributed by atoms with Crippen molar-refractivity contribution in [3.05, 3.63) is 65.7 Å². The molecule has 0 fully saturated rings. The molecule has 0 saturated heterocycles. The molecule has 0 heterocycles. The van der Waals surface area contributed by atoms with Crippen molar-refractivity contribution in [1.82, 2.24) is 16.0 Å². The highest BCUT2D eigenvalue weighted by molar-refractivity contribution is 5.99. The first-order valence-corrected chi connectivity index (χ1v) is 7.71. The molecule has 0 unspecified atom stereocenters. The fourth-order valence-corrected chi connectivity index (χ4v) is 2.25. The Hall–Kier alpha value is -3.35. The van der Waals surface area contributed by atoms with Gasteiger partial charge in [-0.1, -0.05) is 36.4 Å². The van der Waals surface area contributed by atoms with Crippen LogP contribution in [0, 0.1) is 0 Å². The third kappa shape index (κ3) is 4.81. The van der Waals surface area contributed by atoms with Crippen LogP contribution < -0.4 is 21.3 Å². The largest absolute Gasteiger partial charge is 0.370 e. The zero-order chi connectivity index (χ0) is 18.2. The molecule has 7 heteroatoms. The average Bonchev–Trinajstić information content (AvgIpc) is 2.66. The quantitative estimate of drug-likeness (QED) is 0.665. The molecule has 4 amide bonds. The van der Waals surface area contributed by atoms with Crippen LogP contribution >= 0.6 is 0 Å². The molecule has 0 aliphatic rings. The van der Waals surface area contributed by atoms with Crippen LogP contribution in [-0.4, -0.2) is 31.9 Å². The number of anilines is 1. The van der Waals surface area contributed by atoms with Crippen molar-refractivity contribution in [1.29, 1.82) is 0 Å². The van der Waals surface area contributed by atoms with Gasteiger partial charge in [0.25, 0.3) is 11.8 Å². The summed E-state index contributed by atoms with van der Waals surface area (Å²) in [6.07, 6.45) is 0. The van der Waals surface area contributed by atoms with Crippen molar-refractivity contribution < 1.29 is 14.4 Å². The Kier molecular flexibility index (Phi) is 6.11. The number of rotatable bonds is 5. The molecule has 0 aromatic heterocycles. The molecule has 0 aliphatic heterocycles. The molecular weight excluding hydrogens is 320 g/mol. The molecule has 0 radical (unpaired) electrons. The molecule has 7 nitrogen and oxygen atoms in total. The van der Waals surface area contributed by atoms with Gasteiger partial charge in [0.1, 0.15) is 6.04 Å². The molecule has 1 atom stereocenters. The van der Waals surface area contributed by atoms with Gasteiger partial charge in [-0.15, -0.1) is 0 Å². The molecule has 2 aromatic rings. The van der Waals surface area contributed by atoms with Crippen LogP contribution in [0.15, 0.2) is 54.6 Å². The van der Waals surface area contributed by atoms with E-state index in [0.717, 1.165) is 0 Å². The van der Waals surface area contributed by atoms with Gasteiger partial charge in [0, 0.05) is 25.3 Å². The summed E-state index contributed by atoms with van der Waals surface area (Å²) in [6.45, 7) is 0. The standard InChI is InChI=1S/C18H20N4O3/c1-19-16(23)13-9-6-10-14(11-13)21-15(12-7-4-3-5-8-12)17(24)22-18(25)20-2/h3-11,15,21H,1-2H3,(H,19,23)(H2,20,22,24,25)/t15-/m1/s1. The molecule has 0 aliphatic carbocycles. The monoisotopic (exact) mass is 340 g/mol. The Morgan fingerprint density at radius 1 is 0.880 bits per heavy atom. The summed E-state index contributed by atoms with van der Waals surface area (Å²) in [5, 5.41) is 10.2. The third-order valence-corrected chi connectivity index (χ3v) is 3.52.